The van der Waals surface area contributed by atoms with E-state index in [1.807, 2.05) is 0 Å². The third kappa shape index (κ3) is 4.07. The largest absolute Gasteiger partial charge is 0.481 e. The van der Waals surface area contributed by atoms with Gasteiger partial charge in [0, 0.05) is 6.54 Å². The van der Waals surface area contributed by atoms with Crippen LogP contribution in [0.2, 0.25) is 0 Å². The van der Waals surface area contributed by atoms with E-state index in [4.69, 9.17) is 5.11 Å². The molecule has 1 aliphatic carbocycles. The fraction of sp³-hybridized carbons (Fsp3) is 0.615. The van der Waals surface area contributed by atoms with E-state index in [2.05, 4.69) is 32.7 Å². The van der Waals surface area contributed by atoms with E-state index in [-0.39, 0.29) is 5.92 Å². The number of hydrogen-bond donors (Lipinski definition) is 2. The highest BCUT2D eigenvalue weighted by Crippen LogP contribution is 2.28. The number of thiophene rings is 1. The van der Waals surface area contributed by atoms with E-state index in [0.717, 1.165) is 38.8 Å². The molecule has 100 valence electrons. The van der Waals surface area contributed by atoms with Gasteiger partial charge in [0.25, 0.3) is 0 Å². The van der Waals surface area contributed by atoms with Crippen molar-refractivity contribution in [3.8, 4) is 0 Å². The number of aliphatic carboxylic acids is 1. The lowest BCUT2D eigenvalue weighted by Crippen LogP contribution is -2.28. The molecule has 0 aliphatic heterocycles. The van der Waals surface area contributed by atoms with Gasteiger partial charge in [-0.15, -0.1) is 11.3 Å². The molecule has 0 radical (unpaired) electrons. The van der Waals surface area contributed by atoms with Gasteiger partial charge in [0.1, 0.15) is 0 Å². The SMILES string of the molecule is O=C(O)C1CCC(CNCc2csc(Br)c2)CC1. The quantitative estimate of drug-likeness (QED) is 0.868. The fourth-order valence-corrected chi connectivity index (χ4v) is 3.68. The first kappa shape index (κ1) is 14.0. The second kappa shape index (κ2) is 6.68. The summed E-state index contributed by atoms with van der Waals surface area (Å²) in [7, 11) is 0. The van der Waals surface area contributed by atoms with Gasteiger partial charge in [0.2, 0.25) is 0 Å². The first-order chi connectivity index (χ1) is 8.65. The Morgan fingerprint density at radius 1 is 1.44 bits per heavy atom. The van der Waals surface area contributed by atoms with Crippen LogP contribution < -0.4 is 5.32 Å². The normalized spacial score (nSPS) is 24.1. The lowest BCUT2D eigenvalue weighted by Gasteiger charge is -2.26. The van der Waals surface area contributed by atoms with Crippen LogP contribution >= 0.6 is 27.3 Å². The third-order valence-corrected chi connectivity index (χ3v) is 5.13. The van der Waals surface area contributed by atoms with E-state index in [9.17, 15) is 4.79 Å². The van der Waals surface area contributed by atoms with Gasteiger partial charge in [-0.2, -0.15) is 0 Å². The van der Waals surface area contributed by atoms with E-state index in [0.29, 0.717) is 5.92 Å². The smallest absolute Gasteiger partial charge is 0.306 e. The van der Waals surface area contributed by atoms with Gasteiger partial charge in [-0.1, -0.05) is 0 Å². The molecular formula is C13H18BrNO2S. The van der Waals surface area contributed by atoms with Gasteiger partial charge in [-0.25, -0.2) is 0 Å². The number of carbonyl (C=O) groups is 1. The van der Waals surface area contributed by atoms with Gasteiger partial charge in [-0.3, -0.25) is 4.79 Å². The van der Waals surface area contributed by atoms with Crippen molar-refractivity contribution < 1.29 is 9.90 Å². The van der Waals surface area contributed by atoms with Crippen molar-refractivity contribution in [3.63, 3.8) is 0 Å². The summed E-state index contributed by atoms with van der Waals surface area (Å²) in [5.41, 5.74) is 1.31. The molecule has 0 bridgehead atoms. The first-order valence-corrected chi connectivity index (χ1v) is 7.99. The topological polar surface area (TPSA) is 49.3 Å². The number of halogens is 1. The minimum Gasteiger partial charge on any atom is -0.481 e. The van der Waals surface area contributed by atoms with Crippen molar-refractivity contribution in [1.29, 1.82) is 0 Å². The first-order valence-electron chi connectivity index (χ1n) is 6.31. The van der Waals surface area contributed by atoms with Crippen LogP contribution in [0.1, 0.15) is 31.2 Å². The Kier molecular flexibility index (Phi) is 5.21. The average Bonchev–Trinajstić information content (AvgIpc) is 2.76. The lowest BCUT2D eigenvalue weighted by atomic mass is 9.82. The van der Waals surface area contributed by atoms with Gasteiger partial charge in [-0.05, 0) is 71.1 Å². The van der Waals surface area contributed by atoms with Gasteiger partial charge in [0.15, 0.2) is 0 Å². The maximum atomic E-state index is 10.8. The summed E-state index contributed by atoms with van der Waals surface area (Å²) >= 11 is 5.16. The molecule has 1 aromatic heterocycles. The van der Waals surface area contributed by atoms with Crippen LogP contribution in [-0.2, 0) is 11.3 Å². The van der Waals surface area contributed by atoms with Crippen molar-refractivity contribution in [2.45, 2.75) is 32.2 Å². The summed E-state index contributed by atoms with van der Waals surface area (Å²) in [4.78, 5) is 10.8. The molecule has 0 aromatic carbocycles. The maximum absolute atomic E-state index is 10.8. The van der Waals surface area contributed by atoms with Gasteiger partial charge in [0.05, 0.1) is 9.70 Å². The van der Waals surface area contributed by atoms with E-state index < -0.39 is 5.97 Å². The molecule has 0 atom stereocenters. The van der Waals surface area contributed by atoms with Crippen LogP contribution in [0.4, 0.5) is 0 Å². The van der Waals surface area contributed by atoms with Crippen LogP contribution in [0.5, 0.6) is 0 Å². The zero-order valence-electron chi connectivity index (χ0n) is 10.2. The molecule has 18 heavy (non-hydrogen) atoms. The second-order valence-corrected chi connectivity index (χ2v) is 7.24. The number of carboxylic acid groups (broad SMARTS) is 1. The molecule has 1 aliphatic rings. The van der Waals surface area contributed by atoms with E-state index >= 15 is 0 Å². The zero-order chi connectivity index (χ0) is 13.0. The van der Waals surface area contributed by atoms with Gasteiger partial charge >= 0.3 is 5.97 Å². The Morgan fingerprint density at radius 3 is 2.72 bits per heavy atom. The number of hydrogen-bond acceptors (Lipinski definition) is 3. The molecule has 1 saturated carbocycles. The number of carboxylic acids is 1. The number of rotatable bonds is 5. The third-order valence-electron chi connectivity index (χ3n) is 3.58. The van der Waals surface area contributed by atoms with Crippen LogP contribution in [0.15, 0.2) is 15.2 Å². The highest BCUT2D eigenvalue weighted by molar-refractivity contribution is 9.11. The molecule has 2 rings (SSSR count). The minimum atomic E-state index is -0.621. The van der Waals surface area contributed by atoms with Gasteiger partial charge < -0.3 is 10.4 Å². The summed E-state index contributed by atoms with van der Waals surface area (Å²) in [6.07, 6.45) is 3.76. The maximum Gasteiger partial charge on any atom is 0.306 e. The van der Waals surface area contributed by atoms with Crippen molar-refractivity contribution in [2.24, 2.45) is 11.8 Å². The summed E-state index contributed by atoms with van der Waals surface area (Å²) in [6, 6.07) is 2.14. The van der Waals surface area contributed by atoms with E-state index in [1.165, 1.54) is 9.35 Å². The van der Waals surface area contributed by atoms with Crippen molar-refractivity contribution in [3.05, 3.63) is 20.8 Å². The molecule has 1 heterocycles. The predicted octanol–water partition coefficient (Wildman–Crippen LogP) is 3.49. The fourth-order valence-electron chi connectivity index (χ4n) is 2.47. The minimum absolute atomic E-state index is 0.103. The molecule has 3 nitrogen and oxygen atoms in total. The molecule has 2 N–H and O–H groups in total. The molecular weight excluding hydrogens is 314 g/mol. The second-order valence-electron chi connectivity index (χ2n) is 4.95. The monoisotopic (exact) mass is 331 g/mol. The Hall–Kier alpha value is -0.390. The van der Waals surface area contributed by atoms with Crippen molar-refractivity contribution in [2.75, 3.05) is 6.54 Å². The Labute approximate surface area is 120 Å². The van der Waals surface area contributed by atoms with Crippen LogP contribution in [0.3, 0.4) is 0 Å². The molecule has 0 spiro atoms. The average molecular weight is 332 g/mol. The molecule has 1 fully saturated rings. The molecule has 0 unspecified atom stereocenters. The van der Waals surface area contributed by atoms with Crippen molar-refractivity contribution >= 4 is 33.2 Å². The van der Waals surface area contributed by atoms with Crippen LogP contribution in [0, 0.1) is 11.8 Å². The predicted molar refractivity (Wildman–Crippen MR) is 76.8 cm³/mol. The molecule has 0 saturated heterocycles. The van der Waals surface area contributed by atoms with E-state index in [1.54, 1.807) is 11.3 Å². The Bertz CT molecular complexity index is 399. The Morgan fingerprint density at radius 2 is 2.17 bits per heavy atom. The number of nitrogens with one attached hydrogen (secondary N) is 1. The summed E-state index contributed by atoms with van der Waals surface area (Å²) in [5, 5.41) is 14.6. The summed E-state index contributed by atoms with van der Waals surface area (Å²) < 4.78 is 1.17. The van der Waals surface area contributed by atoms with Crippen LogP contribution in [0.25, 0.3) is 0 Å². The molecule has 0 amide bonds. The Balaban J connectivity index is 1.65. The molecule has 5 heteroatoms. The lowest BCUT2D eigenvalue weighted by molar-refractivity contribution is -0.143. The highest BCUT2D eigenvalue weighted by atomic mass is 79.9. The van der Waals surface area contributed by atoms with Crippen LogP contribution in [-0.4, -0.2) is 17.6 Å². The highest BCUT2D eigenvalue weighted by Gasteiger charge is 2.25. The standard InChI is InChI=1S/C13H18BrNO2S/c14-12-5-10(8-18-12)7-15-6-9-1-3-11(4-2-9)13(16)17/h5,8-9,11,15H,1-4,6-7H2,(H,16,17). The zero-order valence-corrected chi connectivity index (χ0v) is 12.6. The summed E-state index contributed by atoms with van der Waals surface area (Å²) in [6.45, 7) is 1.90. The summed E-state index contributed by atoms with van der Waals surface area (Å²) in [5.74, 6) is -0.0821. The van der Waals surface area contributed by atoms with Crippen molar-refractivity contribution in [1.82, 2.24) is 5.32 Å². The molecule has 1 aromatic rings.